The zero-order chi connectivity index (χ0) is 20.9. The lowest BCUT2D eigenvalue weighted by Crippen LogP contribution is -2.55. The van der Waals surface area contributed by atoms with E-state index in [0.29, 0.717) is 12.1 Å². The molecule has 2 aromatic rings. The van der Waals surface area contributed by atoms with Crippen molar-refractivity contribution >= 4 is 0 Å². The maximum Gasteiger partial charge on any atom is 0.0594 e. The molecule has 2 heterocycles. The lowest BCUT2D eigenvalue weighted by molar-refractivity contribution is 0.0288. The summed E-state index contributed by atoms with van der Waals surface area (Å²) in [6.07, 6.45) is 0. The maximum absolute atomic E-state index is 5.48. The largest absolute Gasteiger partial charge is 0.379 e. The molecule has 4 rings (SSSR count). The first-order chi connectivity index (χ1) is 14.6. The Labute approximate surface area is 182 Å². The van der Waals surface area contributed by atoms with Gasteiger partial charge in [0.2, 0.25) is 0 Å². The predicted octanol–water partition coefficient (Wildman–Crippen LogP) is 3.92. The number of aryl methyl sites for hydroxylation is 1. The van der Waals surface area contributed by atoms with E-state index in [9.17, 15) is 0 Å². The number of piperazine rings is 1. The number of rotatable bonds is 6. The van der Waals surface area contributed by atoms with Crippen molar-refractivity contribution in [3.05, 3.63) is 70.8 Å². The fourth-order valence-corrected chi connectivity index (χ4v) is 4.91. The summed E-state index contributed by atoms with van der Waals surface area (Å²) in [5, 5.41) is 0. The third-order valence-electron chi connectivity index (χ3n) is 6.57. The summed E-state index contributed by atoms with van der Waals surface area (Å²) in [4.78, 5) is 7.79. The SMILES string of the molecule is Cc1ccc(CN2CC(C)N(Cc3cccc(CN4CCOCC4)c3)C(C)C2)cc1. The van der Waals surface area contributed by atoms with E-state index in [4.69, 9.17) is 4.74 Å². The summed E-state index contributed by atoms with van der Waals surface area (Å²) >= 11 is 0. The molecule has 4 heteroatoms. The van der Waals surface area contributed by atoms with Gasteiger partial charge in [-0.1, -0.05) is 54.1 Å². The van der Waals surface area contributed by atoms with Gasteiger partial charge in [0.05, 0.1) is 13.2 Å². The van der Waals surface area contributed by atoms with E-state index in [1.807, 2.05) is 0 Å². The summed E-state index contributed by atoms with van der Waals surface area (Å²) in [7, 11) is 0. The highest BCUT2D eigenvalue weighted by atomic mass is 16.5. The molecule has 0 aliphatic carbocycles. The second-order valence-corrected chi connectivity index (χ2v) is 9.26. The Hall–Kier alpha value is -1.72. The van der Waals surface area contributed by atoms with Gasteiger partial charge in [0.25, 0.3) is 0 Å². The number of morpholine rings is 1. The van der Waals surface area contributed by atoms with Crippen molar-refractivity contribution in [2.24, 2.45) is 0 Å². The van der Waals surface area contributed by atoms with Crippen LogP contribution in [0.1, 0.15) is 36.1 Å². The second-order valence-electron chi connectivity index (χ2n) is 9.26. The molecule has 0 radical (unpaired) electrons. The minimum atomic E-state index is 0.557. The van der Waals surface area contributed by atoms with E-state index in [2.05, 4.69) is 84.0 Å². The van der Waals surface area contributed by atoms with Crippen LogP contribution in [-0.4, -0.2) is 66.2 Å². The van der Waals surface area contributed by atoms with E-state index in [1.165, 1.54) is 22.3 Å². The lowest BCUT2D eigenvalue weighted by Gasteiger charge is -2.44. The van der Waals surface area contributed by atoms with Crippen molar-refractivity contribution in [3.8, 4) is 0 Å². The zero-order valence-electron chi connectivity index (χ0n) is 18.9. The van der Waals surface area contributed by atoms with Crippen LogP contribution >= 0.6 is 0 Å². The van der Waals surface area contributed by atoms with Crippen LogP contribution in [0.4, 0.5) is 0 Å². The van der Waals surface area contributed by atoms with Gasteiger partial charge in [-0.15, -0.1) is 0 Å². The van der Waals surface area contributed by atoms with Gasteiger partial charge in [0, 0.05) is 57.9 Å². The Morgan fingerprint density at radius 3 is 2.03 bits per heavy atom. The molecule has 2 unspecified atom stereocenters. The molecule has 162 valence electrons. The maximum atomic E-state index is 5.48. The summed E-state index contributed by atoms with van der Waals surface area (Å²) < 4.78 is 5.48. The Morgan fingerprint density at radius 1 is 0.767 bits per heavy atom. The van der Waals surface area contributed by atoms with Gasteiger partial charge in [-0.2, -0.15) is 0 Å². The Bertz CT molecular complexity index is 788. The predicted molar refractivity (Wildman–Crippen MR) is 123 cm³/mol. The first-order valence-corrected chi connectivity index (χ1v) is 11.5. The fraction of sp³-hybridized carbons (Fsp3) is 0.538. The quantitative estimate of drug-likeness (QED) is 0.722. The molecule has 4 nitrogen and oxygen atoms in total. The van der Waals surface area contributed by atoms with E-state index in [0.717, 1.165) is 59.0 Å². The Balaban J connectivity index is 1.34. The third-order valence-corrected chi connectivity index (χ3v) is 6.57. The Morgan fingerprint density at radius 2 is 1.37 bits per heavy atom. The molecule has 2 aliphatic heterocycles. The van der Waals surface area contributed by atoms with Crippen molar-refractivity contribution < 1.29 is 4.74 Å². The number of nitrogens with zero attached hydrogens (tertiary/aromatic N) is 3. The minimum Gasteiger partial charge on any atom is -0.379 e. The molecule has 2 fully saturated rings. The molecule has 0 spiro atoms. The first-order valence-electron chi connectivity index (χ1n) is 11.5. The van der Waals surface area contributed by atoms with Gasteiger partial charge in [-0.05, 0) is 37.5 Å². The fourth-order valence-electron chi connectivity index (χ4n) is 4.91. The van der Waals surface area contributed by atoms with Crippen LogP contribution in [0.25, 0.3) is 0 Å². The molecule has 2 aromatic carbocycles. The second kappa shape index (κ2) is 10.1. The van der Waals surface area contributed by atoms with Gasteiger partial charge in [-0.3, -0.25) is 14.7 Å². The van der Waals surface area contributed by atoms with Crippen LogP contribution in [0.2, 0.25) is 0 Å². The molecule has 2 atom stereocenters. The van der Waals surface area contributed by atoms with E-state index in [-0.39, 0.29) is 0 Å². The number of hydrogen-bond acceptors (Lipinski definition) is 4. The first kappa shape index (κ1) is 21.5. The van der Waals surface area contributed by atoms with Crippen LogP contribution in [0.5, 0.6) is 0 Å². The number of hydrogen-bond donors (Lipinski definition) is 0. The van der Waals surface area contributed by atoms with Gasteiger partial charge in [0.1, 0.15) is 0 Å². The van der Waals surface area contributed by atoms with Crippen LogP contribution in [0.3, 0.4) is 0 Å². The van der Waals surface area contributed by atoms with Crippen molar-refractivity contribution in [1.29, 1.82) is 0 Å². The summed E-state index contributed by atoms with van der Waals surface area (Å²) in [6.45, 7) is 16.1. The smallest absolute Gasteiger partial charge is 0.0594 e. The van der Waals surface area contributed by atoms with Gasteiger partial charge in [-0.25, -0.2) is 0 Å². The molecule has 2 aliphatic rings. The third kappa shape index (κ3) is 5.70. The highest BCUT2D eigenvalue weighted by Crippen LogP contribution is 2.21. The van der Waals surface area contributed by atoms with E-state index in [1.54, 1.807) is 0 Å². The van der Waals surface area contributed by atoms with Crippen LogP contribution in [0, 0.1) is 6.92 Å². The molecule has 0 amide bonds. The van der Waals surface area contributed by atoms with Crippen molar-refractivity contribution in [2.45, 2.75) is 52.5 Å². The monoisotopic (exact) mass is 407 g/mol. The molecule has 30 heavy (non-hydrogen) atoms. The normalized spacial score (nSPS) is 24.2. The molecular formula is C26H37N3O. The van der Waals surface area contributed by atoms with Gasteiger partial charge in [0.15, 0.2) is 0 Å². The molecule has 0 aromatic heterocycles. The number of benzene rings is 2. The minimum absolute atomic E-state index is 0.557. The topological polar surface area (TPSA) is 19.0 Å². The average Bonchev–Trinajstić information content (AvgIpc) is 2.74. The van der Waals surface area contributed by atoms with E-state index >= 15 is 0 Å². The van der Waals surface area contributed by atoms with Crippen molar-refractivity contribution in [1.82, 2.24) is 14.7 Å². The van der Waals surface area contributed by atoms with Crippen molar-refractivity contribution in [3.63, 3.8) is 0 Å². The van der Waals surface area contributed by atoms with Crippen molar-refractivity contribution in [2.75, 3.05) is 39.4 Å². The number of ether oxygens (including phenoxy) is 1. The lowest BCUT2D eigenvalue weighted by atomic mass is 10.0. The van der Waals surface area contributed by atoms with Gasteiger partial charge < -0.3 is 4.74 Å². The molecule has 0 bridgehead atoms. The highest BCUT2D eigenvalue weighted by molar-refractivity contribution is 5.24. The highest BCUT2D eigenvalue weighted by Gasteiger charge is 2.29. The van der Waals surface area contributed by atoms with Crippen LogP contribution in [-0.2, 0) is 24.4 Å². The summed E-state index contributed by atoms with van der Waals surface area (Å²) in [6, 6.07) is 19.3. The van der Waals surface area contributed by atoms with Gasteiger partial charge >= 0.3 is 0 Å². The standard InChI is InChI=1S/C26H37N3O/c1-21-7-9-24(10-8-21)18-28-16-22(2)29(23(3)17-28)20-26-6-4-5-25(15-26)19-27-11-13-30-14-12-27/h4-10,15,22-23H,11-14,16-20H2,1-3H3. The average molecular weight is 408 g/mol. The molecule has 0 saturated carbocycles. The van der Waals surface area contributed by atoms with Crippen LogP contribution in [0.15, 0.2) is 48.5 Å². The van der Waals surface area contributed by atoms with E-state index < -0.39 is 0 Å². The molecule has 0 N–H and O–H groups in total. The molecular weight excluding hydrogens is 370 g/mol. The molecule has 2 saturated heterocycles. The summed E-state index contributed by atoms with van der Waals surface area (Å²) in [5.74, 6) is 0. The summed E-state index contributed by atoms with van der Waals surface area (Å²) in [5.41, 5.74) is 5.62. The van der Waals surface area contributed by atoms with Crippen LogP contribution < -0.4 is 0 Å². The zero-order valence-corrected chi connectivity index (χ0v) is 18.9. The Kier molecular flexibility index (Phi) is 7.21.